The minimum absolute atomic E-state index is 0.177. The predicted molar refractivity (Wildman–Crippen MR) is 101 cm³/mol. The summed E-state index contributed by atoms with van der Waals surface area (Å²) in [6.45, 7) is 2.85. The van der Waals surface area contributed by atoms with Gasteiger partial charge < -0.3 is 9.42 Å². The average molecular weight is 412 g/mol. The van der Waals surface area contributed by atoms with Crippen molar-refractivity contribution in [3.05, 3.63) is 47.3 Å². The Bertz CT molecular complexity index is 888. The second-order valence-electron chi connectivity index (χ2n) is 6.47. The van der Waals surface area contributed by atoms with Crippen LogP contribution in [0.4, 0.5) is 0 Å². The third-order valence-corrected chi connectivity index (χ3v) is 6.70. The molecule has 1 fully saturated rings. The molecule has 0 radical (unpaired) electrons. The van der Waals surface area contributed by atoms with Crippen molar-refractivity contribution in [3.8, 4) is 0 Å². The first-order valence-corrected chi connectivity index (χ1v) is 10.8. The van der Waals surface area contributed by atoms with Gasteiger partial charge in [-0.25, -0.2) is 8.42 Å². The fraction of sp³-hybridized carbons (Fsp3) is 0.444. The van der Waals surface area contributed by atoms with Crippen LogP contribution in [0.2, 0.25) is 0 Å². The molecular weight excluding hydrogens is 390 g/mol. The normalized spacial score (nSPS) is 15.9. The van der Waals surface area contributed by atoms with Crippen LogP contribution in [0.3, 0.4) is 0 Å². The Kier molecular flexibility index (Phi) is 6.18. The molecule has 0 bridgehead atoms. The van der Waals surface area contributed by atoms with Crippen molar-refractivity contribution in [2.75, 3.05) is 32.1 Å². The van der Waals surface area contributed by atoms with Gasteiger partial charge in [0.15, 0.2) is 0 Å². The van der Waals surface area contributed by atoms with E-state index in [0.29, 0.717) is 24.7 Å². The number of alkyl halides is 1. The van der Waals surface area contributed by atoms with Gasteiger partial charge in [-0.15, -0.1) is 11.6 Å². The molecule has 1 aromatic heterocycles. The highest BCUT2D eigenvalue weighted by atomic mass is 35.5. The van der Waals surface area contributed by atoms with Crippen molar-refractivity contribution >= 4 is 27.5 Å². The van der Waals surface area contributed by atoms with Crippen molar-refractivity contribution in [2.24, 2.45) is 0 Å². The summed E-state index contributed by atoms with van der Waals surface area (Å²) in [6, 6.07) is 8.50. The fourth-order valence-electron chi connectivity index (χ4n) is 3.00. The number of sulfonamides is 1. The van der Waals surface area contributed by atoms with E-state index in [1.165, 1.54) is 4.31 Å². The molecule has 0 N–H and O–H groups in total. The smallest absolute Gasteiger partial charge is 0.292 e. The molecule has 3 rings (SSSR count). The van der Waals surface area contributed by atoms with Gasteiger partial charge in [0.05, 0.1) is 10.6 Å². The lowest BCUT2D eigenvalue weighted by Gasteiger charge is -2.33. The SMILES string of the molecule is Cc1cc(C(=O)N2CCN(S(=O)(=O)c3ccc(CCCCl)cc3)CC2)on1. The number of nitrogens with zero attached hydrogens (tertiary/aromatic N) is 3. The summed E-state index contributed by atoms with van der Waals surface area (Å²) >= 11 is 5.69. The number of carbonyl (C=O) groups is 1. The molecule has 1 amide bonds. The lowest BCUT2D eigenvalue weighted by Crippen LogP contribution is -2.50. The number of piperazine rings is 1. The van der Waals surface area contributed by atoms with Crippen molar-refractivity contribution in [2.45, 2.75) is 24.7 Å². The molecule has 1 saturated heterocycles. The minimum atomic E-state index is -3.58. The highest BCUT2D eigenvalue weighted by molar-refractivity contribution is 7.89. The van der Waals surface area contributed by atoms with Gasteiger partial charge >= 0.3 is 0 Å². The Morgan fingerprint density at radius 1 is 1.19 bits per heavy atom. The third-order valence-electron chi connectivity index (χ3n) is 4.52. The number of halogens is 1. The summed E-state index contributed by atoms with van der Waals surface area (Å²) in [7, 11) is -3.58. The van der Waals surface area contributed by atoms with E-state index in [0.717, 1.165) is 18.4 Å². The highest BCUT2D eigenvalue weighted by Gasteiger charge is 2.31. The molecular formula is C18H22ClN3O4S. The summed E-state index contributed by atoms with van der Waals surface area (Å²) in [5.74, 6) is 0.490. The quantitative estimate of drug-likeness (QED) is 0.681. The van der Waals surface area contributed by atoms with Gasteiger partial charge in [-0.05, 0) is 37.5 Å². The molecule has 1 aliphatic rings. The molecule has 27 heavy (non-hydrogen) atoms. The standard InChI is InChI=1S/C18H22ClN3O4S/c1-14-13-17(26-20-14)18(23)21-9-11-22(12-10-21)27(24,25)16-6-4-15(5-7-16)3-2-8-19/h4-7,13H,2-3,8-12H2,1H3. The van der Waals surface area contributed by atoms with E-state index in [1.54, 1.807) is 30.0 Å². The average Bonchev–Trinajstić information content (AvgIpc) is 3.12. The van der Waals surface area contributed by atoms with Crippen LogP contribution >= 0.6 is 11.6 Å². The molecule has 0 atom stereocenters. The molecule has 0 aliphatic carbocycles. The Balaban J connectivity index is 1.63. The lowest BCUT2D eigenvalue weighted by atomic mass is 10.1. The van der Waals surface area contributed by atoms with E-state index in [9.17, 15) is 13.2 Å². The van der Waals surface area contributed by atoms with Gasteiger partial charge in [0.25, 0.3) is 5.91 Å². The Morgan fingerprint density at radius 2 is 1.85 bits per heavy atom. The van der Waals surface area contributed by atoms with Crippen LogP contribution < -0.4 is 0 Å². The second-order valence-corrected chi connectivity index (χ2v) is 8.78. The molecule has 146 valence electrons. The summed E-state index contributed by atoms with van der Waals surface area (Å²) in [5, 5.41) is 3.72. The maximum atomic E-state index is 12.8. The van der Waals surface area contributed by atoms with Crippen molar-refractivity contribution in [1.82, 2.24) is 14.4 Å². The molecule has 0 spiro atoms. The number of hydrogen-bond acceptors (Lipinski definition) is 5. The monoisotopic (exact) mass is 411 g/mol. The summed E-state index contributed by atoms with van der Waals surface area (Å²) in [4.78, 5) is 14.2. The minimum Gasteiger partial charge on any atom is -0.351 e. The fourth-order valence-corrected chi connectivity index (χ4v) is 4.56. The number of benzene rings is 1. The van der Waals surface area contributed by atoms with Crippen LogP contribution in [-0.4, -0.2) is 60.7 Å². The van der Waals surface area contributed by atoms with Crippen LogP contribution in [0, 0.1) is 6.92 Å². The molecule has 7 nitrogen and oxygen atoms in total. The largest absolute Gasteiger partial charge is 0.351 e. The van der Waals surface area contributed by atoms with Gasteiger partial charge in [0.1, 0.15) is 0 Å². The Hall–Kier alpha value is -1.90. The van der Waals surface area contributed by atoms with E-state index in [-0.39, 0.29) is 29.7 Å². The van der Waals surface area contributed by atoms with E-state index in [2.05, 4.69) is 5.16 Å². The predicted octanol–water partition coefficient (Wildman–Crippen LogP) is 2.30. The van der Waals surface area contributed by atoms with Crippen molar-refractivity contribution in [1.29, 1.82) is 0 Å². The lowest BCUT2D eigenvalue weighted by molar-refractivity contribution is 0.0656. The Labute approximate surface area is 163 Å². The third kappa shape index (κ3) is 4.51. The van der Waals surface area contributed by atoms with Crippen LogP contribution in [0.25, 0.3) is 0 Å². The number of rotatable bonds is 6. The molecule has 2 heterocycles. The maximum Gasteiger partial charge on any atom is 0.292 e. The van der Waals surface area contributed by atoms with Gasteiger partial charge in [-0.3, -0.25) is 4.79 Å². The molecule has 1 aliphatic heterocycles. The number of hydrogen-bond donors (Lipinski definition) is 0. The molecule has 2 aromatic rings. The molecule has 0 unspecified atom stereocenters. The number of aryl methyl sites for hydroxylation is 2. The second kappa shape index (κ2) is 8.41. The zero-order valence-corrected chi connectivity index (χ0v) is 16.7. The summed E-state index contributed by atoms with van der Waals surface area (Å²) < 4.78 is 32.1. The topological polar surface area (TPSA) is 83.7 Å². The van der Waals surface area contributed by atoms with Crippen LogP contribution in [-0.2, 0) is 16.4 Å². The molecule has 0 saturated carbocycles. The summed E-state index contributed by atoms with van der Waals surface area (Å²) in [6.07, 6.45) is 1.68. The van der Waals surface area contributed by atoms with Crippen LogP contribution in [0.5, 0.6) is 0 Å². The number of amides is 1. The van der Waals surface area contributed by atoms with Gasteiger partial charge in [-0.1, -0.05) is 17.3 Å². The highest BCUT2D eigenvalue weighted by Crippen LogP contribution is 2.20. The van der Waals surface area contributed by atoms with Crippen molar-refractivity contribution < 1.29 is 17.7 Å². The first kappa shape index (κ1) is 19.9. The zero-order chi connectivity index (χ0) is 19.4. The number of aromatic nitrogens is 1. The van der Waals surface area contributed by atoms with E-state index < -0.39 is 10.0 Å². The molecule has 9 heteroatoms. The zero-order valence-electron chi connectivity index (χ0n) is 15.1. The van der Waals surface area contributed by atoms with Crippen LogP contribution in [0.1, 0.15) is 28.2 Å². The summed E-state index contributed by atoms with van der Waals surface area (Å²) in [5.41, 5.74) is 1.70. The van der Waals surface area contributed by atoms with Gasteiger partial charge in [0, 0.05) is 38.1 Å². The van der Waals surface area contributed by atoms with E-state index >= 15 is 0 Å². The first-order chi connectivity index (χ1) is 12.9. The first-order valence-electron chi connectivity index (χ1n) is 8.79. The van der Waals surface area contributed by atoms with Gasteiger partial charge in [0.2, 0.25) is 15.8 Å². The maximum absolute atomic E-state index is 12.8. The van der Waals surface area contributed by atoms with E-state index in [1.807, 2.05) is 12.1 Å². The van der Waals surface area contributed by atoms with Gasteiger partial charge in [-0.2, -0.15) is 4.31 Å². The van der Waals surface area contributed by atoms with Crippen LogP contribution in [0.15, 0.2) is 39.8 Å². The number of carbonyl (C=O) groups excluding carboxylic acids is 1. The molecule has 1 aromatic carbocycles. The Morgan fingerprint density at radius 3 is 2.41 bits per heavy atom. The van der Waals surface area contributed by atoms with Crippen molar-refractivity contribution in [3.63, 3.8) is 0 Å². The van der Waals surface area contributed by atoms with E-state index in [4.69, 9.17) is 16.1 Å².